The molecule has 1 amide bonds. The van der Waals surface area contributed by atoms with Gasteiger partial charge in [0.1, 0.15) is 12.1 Å². The molecule has 0 aromatic heterocycles. The number of nitrogens with two attached hydrogens (primary N) is 1. The summed E-state index contributed by atoms with van der Waals surface area (Å²) in [5.41, 5.74) is 5.49. The number of rotatable bonds is 42. The van der Waals surface area contributed by atoms with Gasteiger partial charge in [-0.2, -0.15) is 0 Å². The van der Waals surface area contributed by atoms with Gasteiger partial charge in [0.2, 0.25) is 5.91 Å². The average Bonchev–Trinajstić information content (AvgIpc) is 3.18. The minimum absolute atomic E-state index is 0.0245. The molecular formula is C49H88N2O5. The molecule has 0 aliphatic heterocycles. The Morgan fingerprint density at radius 1 is 0.536 bits per heavy atom. The maximum Gasteiger partial charge on any atom is 0.326 e. The maximum absolute atomic E-state index is 12.8. The van der Waals surface area contributed by atoms with Crippen LogP contribution in [0.25, 0.3) is 0 Å². The van der Waals surface area contributed by atoms with Crippen LogP contribution < -0.4 is 11.1 Å². The number of carboxylic acid groups (broad SMARTS) is 1. The van der Waals surface area contributed by atoms with Crippen molar-refractivity contribution < 1.29 is 24.2 Å². The first-order valence-electron chi connectivity index (χ1n) is 23.5. The third kappa shape index (κ3) is 39.6. The van der Waals surface area contributed by atoms with Crippen molar-refractivity contribution in [2.24, 2.45) is 5.73 Å². The lowest BCUT2D eigenvalue weighted by molar-refractivity contribution is -0.150. The van der Waals surface area contributed by atoms with Crippen molar-refractivity contribution in [2.75, 3.05) is 6.54 Å². The van der Waals surface area contributed by atoms with Crippen molar-refractivity contribution in [3.63, 3.8) is 0 Å². The van der Waals surface area contributed by atoms with E-state index in [0.717, 1.165) is 103 Å². The van der Waals surface area contributed by atoms with Crippen LogP contribution in [-0.4, -0.2) is 41.6 Å². The standard InChI is InChI=1S/C49H88N2O5/c1-3-5-7-9-11-13-15-17-19-21-23-25-27-30-34-39-45(40-35-31-29-32-36-42-47(52)51-46(49(54)55)41-38-44-50)56-48(53)43-37-33-28-26-24-22-20-18-16-14-12-10-8-6-4-2/h5,7,11,13,17,19,23,25,45-46H,3-4,6,8-10,12,14-16,18,20-22,24,26-44,50H2,1-2H3,(H,51,52)(H,54,55)/b7-5-,13-11-,19-17-,25-23-. The van der Waals surface area contributed by atoms with E-state index in [2.05, 4.69) is 67.8 Å². The number of amides is 1. The van der Waals surface area contributed by atoms with Crippen LogP contribution in [-0.2, 0) is 19.1 Å². The molecule has 0 saturated heterocycles. The lowest BCUT2D eigenvalue weighted by Crippen LogP contribution is -2.40. The maximum atomic E-state index is 12.8. The Morgan fingerprint density at radius 3 is 1.48 bits per heavy atom. The summed E-state index contributed by atoms with van der Waals surface area (Å²) in [6.07, 6.45) is 53.0. The summed E-state index contributed by atoms with van der Waals surface area (Å²) in [6, 6.07) is -0.862. The number of unbranched alkanes of at least 4 members (excludes halogenated alkanes) is 20. The van der Waals surface area contributed by atoms with Crippen molar-refractivity contribution in [3.8, 4) is 0 Å². The topological polar surface area (TPSA) is 119 Å². The highest BCUT2D eigenvalue weighted by molar-refractivity contribution is 5.83. The van der Waals surface area contributed by atoms with Crippen LogP contribution in [0.4, 0.5) is 0 Å². The van der Waals surface area contributed by atoms with Gasteiger partial charge in [-0.1, -0.05) is 172 Å². The molecule has 0 aliphatic carbocycles. The minimum Gasteiger partial charge on any atom is -0.480 e. The van der Waals surface area contributed by atoms with Crippen molar-refractivity contribution in [2.45, 2.75) is 238 Å². The van der Waals surface area contributed by atoms with Gasteiger partial charge in [-0.05, 0) is 96.4 Å². The summed E-state index contributed by atoms with van der Waals surface area (Å²) in [5.74, 6) is -1.26. The summed E-state index contributed by atoms with van der Waals surface area (Å²) in [7, 11) is 0. The zero-order valence-corrected chi connectivity index (χ0v) is 36.5. The molecule has 0 radical (unpaired) electrons. The summed E-state index contributed by atoms with van der Waals surface area (Å²) >= 11 is 0. The van der Waals surface area contributed by atoms with E-state index in [-0.39, 0.29) is 18.0 Å². The van der Waals surface area contributed by atoms with Crippen molar-refractivity contribution >= 4 is 17.8 Å². The second kappa shape index (κ2) is 43.5. The molecule has 7 heteroatoms. The average molecular weight is 785 g/mol. The summed E-state index contributed by atoms with van der Waals surface area (Å²) in [5, 5.41) is 12.0. The highest BCUT2D eigenvalue weighted by Gasteiger charge is 2.19. The number of hydrogen-bond acceptors (Lipinski definition) is 5. The number of ether oxygens (including phenoxy) is 1. The largest absolute Gasteiger partial charge is 0.480 e. The third-order valence-corrected chi connectivity index (χ3v) is 10.4. The van der Waals surface area contributed by atoms with Crippen molar-refractivity contribution in [3.05, 3.63) is 48.6 Å². The molecule has 2 atom stereocenters. The highest BCUT2D eigenvalue weighted by atomic mass is 16.5. The normalized spacial score (nSPS) is 13.1. The first kappa shape index (κ1) is 53.3. The SMILES string of the molecule is CC/C=C\C/C=C\C/C=C\C/C=C\CCCCC(CCCCCCCC(=O)NC(CCCN)C(=O)O)OC(=O)CCCCCCCCCCCCCCCCC. The van der Waals surface area contributed by atoms with Crippen molar-refractivity contribution in [1.82, 2.24) is 5.32 Å². The molecule has 0 fully saturated rings. The van der Waals surface area contributed by atoms with E-state index in [1.54, 1.807) is 0 Å². The van der Waals surface area contributed by atoms with Gasteiger partial charge < -0.3 is 20.9 Å². The molecule has 324 valence electrons. The molecule has 0 aliphatic rings. The molecule has 0 bridgehead atoms. The summed E-state index contributed by atoms with van der Waals surface area (Å²) < 4.78 is 6.05. The fourth-order valence-corrected chi connectivity index (χ4v) is 6.91. The van der Waals surface area contributed by atoms with Crippen LogP contribution in [0.2, 0.25) is 0 Å². The molecular weight excluding hydrogens is 697 g/mol. The second-order valence-corrected chi connectivity index (χ2v) is 15.8. The predicted octanol–water partition coefficient (Wildman–Crippen LogP) is 13.6. The quantitative estimate of drug-likeness (QED) is 0.0322. The Labute approximate surface area is 345 Å². The number of carboxylic acids is 1. The van der Waals surface area contributed by atoms with Crippen LogP contribution in [0.15, 0.2) is 48.6 Å². The Balaban J connectivity index is 4.40. The Hall–Kier alpha value is -2.67. The van der Waals surface area contributed by atoms with E-state index in [4.69, 9.17) is 10.5 Å². The van der Waals surface area contributed by atoms with E-state index in [1.165, 1.54) is 83.5 Å². The Morgan fingerprint density at radius 2 is 0.982 bits per heavy atom. The molecule has 0 heterocycles. The van der Waals surface area contributed by atoms with Crippen LogP contribution in [0.1, 0.15) is 226 Å². The van der Waals surface area contributed by atoms with Crippen LogP contribution in [0, 0.1) is 0 Å². The first-order valence-corrected chi connectivity index (χ1v) is 23.5. The van der Waals surface area contributed by atoms with Crippen LogP contribution in [0.5, 0.6) is 0 Å². The fraction of sp³-hybridized carbons (Fsp3) is 0.776. The number of carbonyl (C=O) groups excluding carboxylic acids is 2. The lowest BCUT2D eigenvalue weighted by atomic mass is 10.0. The number of carbonyl (C=O) groups is 3. The van der Waals surface area contributed by atoms with Crippen LogP contribution >= 0.6 is 0 Å². The summed E-state index contributed by atoms with van der Waals surface area (Å²) in [4.78, 5) is 36.5. The Bertz CT molecular complexity index is 1020. The molecule has 4 N–H and O–H groups in total. The van der Waals surface area contributed by atoms with Crippen LogP contribution in [0.3, 0.4) is 0 Å². The number of allylic oxidation sites excluding steroid dienone is 8. The molecule has 0 spiro atoms. The lowest BCUT2D eigenvalue weighted by Gasteiger charge is -2.18. The van der Waals surface area contributed by atoms with E-state index in [0.29, 0.717) is 32.2 Å². The van der Waals surface area contributed by atoms with Gasteiger partial charge in [0, 0.05) is 12.8 Å². The van der Waals surface area contributed by atoms with Gasteiger partial charge in [0.15, 0.2) is 0 Å². The first-order chi connectivity index (χ1) is 27.4. The van der Waals surface area contributed by atoms with Crippen molar-refractivity contribution in [1.29, 1.82) is 0 Å². The fourth-order valence-electron chi connectivity index (χ4n) is 6.91. The second-order valence-electron chi connectivity index (χ2n) is 15.8. The molecule has 0 rings (SSSR count). The Kier molecular flexibility index (Phi) is 41.4. The van der Waals surface area contributed by atoms with Gasteiger partial charge >= 0.3 is 11.9 Å². The number of hydrogen-bond donors (Lipinski definition) is 3. The minimum atomic E-state index is -1.01. The molecule has 0 aromatic carbocycles. The molecule has 0 aromatic rings. The predicted molar refractivity (Wildman–Crippen MR) is 239 cm³/mol. The number of aliphatic carboxylic acids is 1. The van der Waals surface area contributed by atoms with E-state index < -0.39 is 12.0 Å². The zero-order valence-electron chi connectivity index (χ0n) is 36.5. The smallest absolute Gasteiger partial charge is 0.326 e. The zero-order chi connectivity index (χ0) is 41.0. The highest BCUT2D eigenvalue weighted by Crippen LogP contribution is 2.18. The molecule has 56 heavy (non-hydrogen) atoms. The van der Waals surface area contributed by atoms with Gasteiger partial charge in [0.25, 0.3) is 0 Å². The molecule has 0 saturated carbocycles. The van der Waals surface area contributed by atoms with Gasteiger partial charge in [-0.15, -0.1) is 0 Å². The van der Waals surface area contributed by atoms with E-state index in [9.17, 15) is 19.5 Å². The van der Waals surface area contributed by atoms with Gasteiger partial charge in [-0.3, -0.25) is 9.59 Å². The number of esters is 1. The monoisotopic (exact) mass is 785 g/mol. The third-order valence-electron chi connectivity index (χ3n) is 10.4. The molecule has 7 nitrogen and oxygen atoms in total. The summed E-state index contributed by atoms with van der Waals surface area (Å²) in [6.45, 7) is 4.84. The van der Waals surface area contributed by atoms with Gasteiger partial charge in [0.05, 0.1) is 0 Å². The van der Waals surface area contributed by atoms with E-state index in [1.807, 2.05) is 0 Å². The van der Waals surface area contributed by atoms with E-state index >= 15 is 0 Å². The molecule has 2 unspecified atom stereocenters. The number of nitrogens with one attached hydrogen (secondary N) is 1. The van der Waals surface area contributed by atoms with Gasteiger partial charge in [-0.25, -0.2) is 4.79 Å².